The van der Waals surface area contributed by atoms with Crippen molar-refractivity contribution in [2.45, 2.75) is 37.8 Å². The van der Waals surface area contributed by atoms with E-state index in [1.54, 1.807) is 12.1 Å². The summed E-state index contributed by atoms with van der Waals surface area (Å²) in [4.78, 5) is 0. The number of aliphatic hydroxyl groups is 1. The molecule has 0 bridgehead atoms. The molecule has 1 aliphatic carbocycles. The number of phenols is 1. The van der Waals surface area contributed by atoms with E-state index >= 15 is 0 Å². The minimum absolute atomic E-state index is 0.0106. The van der Waals surface area contributed by atoms with Crippen molar-refractivity contribution in [2.24, 2.45) is 0 Å². The van der Waals surface area contributed by atoms with Crippen LogP contribution in [-0.4, -0.2) is 36.6 Å². The topological polar surface area (TPSA) is 71.0 Å². The van der Waals surface area contributed by atoms with Crippen molar-refractivity contribution in [2.75, 3.05) is 20.8 Å². The van der Waals surface area contributed by atoms with Crippen LogP contribution >= 0.6 is 0 Å². The van der Waals surface area contributed by atoms with Gasteiger partial charge in [0.05, 0.1) is 20.8 Å². The van der Waals surface area contributed by atoms with Gasteiger partial charge in [-0.2, -0.15) is 0 Å². The van der Waals surface area contributed by atoms with Crippen LogP contribution in [-0.2, 0) is 6.54 Å². The van der Waals surface area contributed by atoms with Gasteiger partial charge in [-0.25, -0.2) is 0 Å². The van der Waals surface area contributed by atoms with Gasteiger partial charge < -0.3 is 25.0 Å². The minimum atomic E-state index is -0.168. The number of ether oxygens (including phenoxy) is 2. The zero-order valence-corrected chi connectivity index (χ0v) is 12.1. The van der Waals surface area contributed by atoms with Crippen molar-refractivity contribution in [1.29, 1.82) is 0 Å². The Kier molecular flexibility index (Phi) is 4.73. The molecule has 0 atom stereocenters. The normalized spacial score (nSPS) is 17.1. The van der Waals surface area contributed by atoms with Crippen LogP contribution in [0, 0.1) is 0 Å². The van der Waals surface area contributed by atoms with Gasteiger partial charge in [-0.1, -0.05) is 12.8 Å². The first kappa shape index (κ1) is 14.9. The smallest absolute Gasteiger partial charge is 0.200 e. The number of phenolic OH excluding ortho intramolecular Hbond substituents is 1. The van der Waals surface area contributed by atoms with Crippen molar-refractivity contribution in [1.82, 2.24) is 5.32 Å². The number of nitrogens with one attached hydrogen (secondary N) is 1. The number of rotatable bonds is 6. The Labute approximate surface area is 119 Å². The second-order valence-electron chi connectivity index (χ2n) is 5.35. The number of benzene rings is 1. The standard InChI is InChI=1S/C15H23NO4/c1-19-12-7-11(8-13(20-2)14(12)18)9-16-15(10-17)5-3-4-6-15/h7-8,16-18H,3-6,9-10H2,1-2H3. The summed E-state index contributed by atoms with van der Waals surface area (Å²) in [5.41, 5.74) is 0.787. The number of hydrogen-bond donors (Lipinski definition) is 3. The maximum Gasteiger partial charge on any atom is 0.200 e. The predicted molar refractivity (Wildman–Crippen MR) is 76.3 cm³/mol. The summed E-state index contributed by atoms with van der Waals surface area (Å²) >= 11 is 0. The highest BCUT2D eigenvalue weighted by Crippen LogP contribution is 2.37. The maximum absolute atomic E-state index is 9.88. The van der Waals surface area contributed by atoms with Crippen LogP contribution in [0.15, 0.2) is 12.1 Å². The highest BCUT2D eigenvalue weighted by Gasteiger charge is 2.32. The second-order valence-corrected chi connectivity index (χ2v) is 5.35. The quantitative estimate of drug-likeness (QED) is 0.742. The number of hydrogen-bond acceptors (Lipinski definition) is 5. The SMILES string of the molecule is COc1cc(CNC2(CO)CCCC2)cc(OC)c1O. The molecule has 5 heteroatoms. The van der Waals surface area contributed by atoms with Crippen LogP contribution in [0.1, 0.15) is 31.2 Å². The molecule has 0 unspecified atom stereocenters. The molecule has 1 aromatic rings. The minimum Gasteiger partial charge on any atom is -0.502 e. The summed E-state index contributed by atoms with van der Waals surface area (Å²) in [7, 11) is 3.02. The summed E-state index contributed by atoms with van der Waals surface area (Å²) < 4.78 is 10.3. The zero-order valence-electron chi connectivity index (χ0n) is 12.1. The monoisotopic (exact) mass is 281 g/mol. The molecule has 0 spiro atoms. The van der Waals surface area contributed by atoms with Crippen molar-refractivity contribution in [3.8, 4) is 17.2 Å². The third-order valence-corrected chi connectivity index (χ3v) is 4.07. The lowest BCUT2D eigenvalue weighted by atomic mass is 9.98. The van der Waals surface area contributed by atoms with E-state index in [0.717, 1.165) is 31.2 Å². The van der Waals surface area contributed by atoms with Gasteiger partial charge >= 0.3 is 0 Å². The average Bonchev–Trinajstić information content (AvgIpc) is 2.95. The van der Waals surface area contributed by atoms with E-state index in [1.165, 1.54) is 14.2 Å². The third-order valence-electron chi connectivity index (χ3n) is 4.07. The fraction of sp³-hybridized carbons (Fsp3) is 0.600. The lowest BCUT2D eigenvalue weighted by Crippen LogP contribution is -2.45. The van der Waals surface area contributed by atoms with E-state index in [1.807, 2.05) is 0 Å². The zero-order chi connectivity index (χ0) is 14.6. The molecule has 1 saturated carbocycles. The Morgan fingerprint density at radius 1 is 1.15 bits per heavy atom. The lowest BCUT2D eigenvalue weighted by Gasteiger charge is -2.28. The Bertz CT molecular complexity index is 430. The molecule has 0 heterocycles. The first-order chi connectivity index (χ1) is 9.64. The highest BCUT2D eigenvalue weighted by molar-refractivity contribution is 5.52. The Morgan fingerprint density at radius 2 is 1.70 bits per heavy atom. The molecule has 0 radical (unpaired) electrons. The first-order valence-corrected chi connectivity index (χ1v) is 6.94. The van der Waals surface area contributed by atoms with Crippen molar-refractivity contribution in [3.63, 3.8) is 0 Å². The molecule has 20 heavy (non-hydrogen) atoms. The number of methoxy groups -OCH3 is 2. The molecule has 3 N–H and O–H groups in total. The van der Waals surface area contributed by atoms with Crippen LogP contribution < -0.4 is 14.8 Å². The average molecular weight is 281 g/mol. The third kappa shape index (κ3) is 2.99. The van der Waals surface area contributed by atoms with E-state index < -0.39 is 0 Å². The summed E-state index contributed by atoms with van der Waals surface area (Å²) in [5.74, 6) is 0.799. The van der Waals surface area contributed by atoms with Gasteiger partial charge in [-0.3, -0.25) is 0 Å². The lowest BCUT2D eigenvalue weighted by molar-refractivity contribution is 0.163. The van der Waals surface area contributed by atoms with E-state index in [0.29, 0.717) is 18.0 Å². The highest BCUT2D eigenvalue weighted by atomic mass is 16.5. The molecular weight excluding hydrogens is 258 g/mol. The molecular formula is C15H23NO4. The Morgan fingerprint density at radius 3 is 2.15 bits per heavy atom. The molecule has 0 aromatic heterocycles. The predicted octanol–water partition coefficient (Wildman–Crippen LogP) is 1.80. The fourth-order valence-electron chi connectivity index (χ4n) is 2.78. The van der Waals surface area contributed by atoms with E-state index in [-0.39, 0.29) is 17.9 Å². The molecule has 1 aromatic carbocycles. The first-order valence-electron chi connectivity index (χ1n) is 6.94. The van der Waals surface area contributed by atoms with Gasteiger partial charge in [-0.05, 0) is 30.5 Å². The summed E-state index contributed by atoms with van der Waals surface area (Å²) in [6.07, 6.45) is 4.29. The van der Waals surface area contributed by atoms with Crippen molar-refractivity contribution >= 4 is 0 Å². The van der Waals surface area contributed by atoms with Crippen LogP contribution in [0.4, 0.5) is 0 Å². The largest absolute Gasteiger partial charge is 0.502 e. The molecule has 0 aliphatic heterocycles. The van der Waals surface area contributed by atoms with E-state index in [2.05, 4.69) is 5.32 Å². The molecule has 0 saturated heterocycles. The summed E-state index contributed by atoms with van der Waals surface area (Å²) in [6, 6.07) is 3.57. The summed E-state index contributed by atoms with van der Waals surface area (Å²) in [5, 5.41) is 22.9. The molecule has 112 valence electrons. The number of aliphatic hydroxyl groups excluding tert-OH is 1. The van der Waals surface area contributed by atoms with Crippen molar-refractivity contribution < 1.29 is 19.7 Å². The number of aromatic hydroxyl groups is 1. The van der Waals surface area contributed by atoms with E-state index in [4.69, 9.17) is 9.47 Å². The van der Waals surface area contributed by atoms with Crippen LogP contribution in [0.25, 0.3) is 0 Å². The van der Waals surface area contributed by atoms with Gasteiger partial charge in [-0.15, -0.1) is 0 Å². The second kappa shape index (κ2) is 6.33. The summed E-state index contributed by atoms with van der Waals surface area (Å²) in [6.45, 7) is 0.757. The van der Waals surface area contributed by atoms with Crippen LogP contribution in [0.3, 0.4) is 0 Å². The van der Waals surface area contributed by atoms with Crippen LogP contribution in [0.2, 0.25) is 0 Å². The fourth-order valence-corrected chi connectivity index (χ4v) is 2.78. The molecule has 2 rings (SSSR count). The molecule has 0 amide bonds. The Hall–Kier alpha value is -1.46. The van der Waals surface area contributed by atoms with Gasteiger partial charge in [0.15, 0.2) is 11.5 Å². The van der Waals surface area contributed by atoms with Gasteiger partial charge in [0.25, 0.3) is 0 Å². The Balaban J connectivity index is 2.13. The van der Waals surface area contributed by atoms with Crippen molar-refractivity contribution in [3.05, 3.63) is 17.7 Å². The molecule has 1 fully saturated rings. The maximum atomic E-state index is 9.88. The van der Waals surface area contributed by atoms with Crippen LogP contribution in [0.5, 0.6) is 17.2 Å². The van der Waals surface area contributed by atoms with Gasteiger partial charge in [0, 0.05) is 12.1 Å². The van der Waals surface area contributed by atoms with Gasteiger partial charge in [0.2, 0.25) is 5.75 Å². The van der Waals surface area contributed by atoms with Gasteiger partial charge in [0.1, 0.15) is 0 Å². The molecule has 5 nitrogen and oxygen atoms in total. The molecule has 1 aliphatic rings. The van der Waals surface area contributed by atoms with E-state index in [9.17, 15) is 10.2 Å².